The summed E-state index contributed by atoms with van der Waals surface area (Å²) in [5.41, 5.74) is -1.38. The summed E-state index contributed by atoms with van der Waals surface area (Å²) in [6.07, 6.45) is -0.407. The fourth-order valence-corrected chi connectivity index (χ4v) is 4.21. The Morgan fingerprint density at radius 1 is 1.44 bits per heavy atom. The number of carbonyl (C=O) groups is 5. The number of nitrogens with zero attached hydrogens (tertiary/aromatic N) is 1. The van der Waals surface area contributed by atoms with Gasteiger partial charge in [0.2, 0.25) is 11.8 Å². The Morgan fingerprint density at radius 2 is 2.12 bits per heavy atom. The second kappa shape index (κ2) is 7.61. The third-order valence-electron chi connectivity index (χ3n) is 3.97. The maximum absolute atomic E-state index is 12.2. The van der Waals surface area contributed by atoms with Gasteiger partial charge in [-0.15, -0.1) is 23.4 Å². The van der Waals surface area contributed by atoms with Crippen LogP contribution in [0.1, 0.15) is 13.3 Å². The summed E-state index contributed by atoms with van der Waals surface area (Å²) in [7, 11) is 0. The largest absolute Gasteiger partial charge is 0.481 e. The zero-order chi connectivity index (χ0) is 18.8. The molecule has 0 saturated carbocycles. The lowest BCUT2D eigenvalue weighted by Gasteiger charge is -2.53. The molecule has 2 N–H and O–H groups in total. The summed E-state index contributed by atoms with van der Waals surface area (Å²) in [4.78, 5) is 59.0. The standard InChI is InChI=1S/C14H17ClN2O7S/c1-7(18)24-5-14(13(22)23)4-17-11(21)10(12(17)25-6-14)16-9(20)2-8(19)3-15/h10,12H,2-6H2,1H3,(H,16,20)(H,22,23)/t10?,12-,14?/m1/s1. The van der Waals surface area contributed by atoms with Gasteiger partial charge >= 0.3 is 11.9 Å². The number of hydrogen-bond acceptors (Lipinski definition) is 7. The van der Waals surface area contributed by atoms with Gasteiger partial charge in [-0.05, 0) is 0 Å². The lowest BCUT2D eigenvalue weighted by molar-refractivity contribution is -0.165. The molecule has 2 fully saturated rings. The number of carbonyl (C=O) groups excluding carboxylic acids is 4. The van der Waals surface area contributed by atoms with Gasteiger partial charge in [0.05, 0.1) is 12.3 Å². The lowest BCUT2D eigenvalue weighted by Crippen LogP contribution is -2.74. The molecule has 9 nitrogen and oxygen atoms in total. The molecular weight excluding hydrogens is 376 g/mol. The molecule has 0 radical (unpaired) electrons. The van der Waals surface area contributed by atoms with Gasteiger partial charge in [-0.3, -0.25) is 24.0 Å². The molecule has 3 atom stereocenters. The van der Waals surface area contributed by atoms with Crippen molar-refractivity contribution in [1.82, 2.24) is 10.2 Å². The highest BCUT2D eigenvalue weighted by Crippen LogP contribution is 2.42. The SMILES string of the molecule is CC(=O)OCC1(C(=O)O)CS[C@@H]2C(NC(=O)CC(=O)CCl)C(=O)N2C1. The van der Waals surface area contributed by atoms with E-state index in [9.17, 15) is 29.1 Å². The Balaban J connectivity index is 1.99. The predicted octanol–water partition coefficient (Wildman–Crippen LogP) is -0.782. The Labute approximate surface area is 152 Å². The minimum atomic E-state index is -1.38. The topological polar surface area (TPSA) is 130 Å². The molecular formula is C14H17ClN2O7S. The lowest BCUT2D eigenvalue weighted by atomic mass is 9.88. The zero-order valence-electron chi connectivity index (χ0n) is 13.3. The molecule has 0 bridgehead atoms. The van der Waals surface area contributed by atoms with E-state index in [4.69, 9.17) is 16.3 Å². The van der Waals surface area contributed by atoms with Gasteiger partial charge in [-0.25, -0.2) is 0 Å². The number of Topliss-reactive ketones (excluding diaryl/α,β-unsaturated/α-hetero) is 1. The molecule has 2 aliphatic heterocycles. The molecule has 0 aromatic carbocycles. The number of nitrogens with one attached hydrogen (secondary N) is 1. The number of amides is 2. The van der Waals surface area contributed by atoms with Gasteiger partial charge in [-0.2, -0.15) is 0 Å². The van der Waals surface area contributed by atoms with Crippen LogP contribution in [0.5, 0.6) is 0 Å². The number of rotatable bonds is 7. The van der Waals surface area contributed by atoms with Crippen molar-refractivity contribution in [2.24, 2.45) is 5.41 Å². The molecule has 138 valence electrons. The zero-order valence-corrected chi connectivity index (χ0v) is 14.9. The molecule has 25 heavy (non-hydrogen) atoms. The fourth-order valence-electron chi connectivity index (χ4n) is 2.60. The Hall–Kier alpha value is -1.81. The van der Waals surface area contributed by atoms with Gasteiger partial charge in [0.15, 0.2) is 5.78 Å². The van der Waals surface area contributed by atoms with Crippen LogP contribution in [0.4, 0.5) is 0 Å². The van der Waals surface area contributed by atoms with Gasteiger partial charge in [-0.1, -0.05) is 0 Å². The number of halogens is 1. The van der Waals surface area contributed by atoms with Crippen LogP contribution in [0.25, 0.3) is 0 Å². The van der Waals surface area contributed by atoms with Crippen LogP contribution in [0, 0.1) is 5.41 Å². The highest BCUT2D eigenvalue weighted by molar-refractivity contribution is 8.00. The molecule has 2 aliphatic rings. The van der Waals surface area contributed by atoms with Crippen LogP contribution in [0.3, 0.4) is 0 Å². The van der Waals surface area contributed by atoms with Crippen molar-refractivity contribution in [3.63, 3.8) is 0 Å². The first-order valence-electron chi connectivity index (χ1n) is 7.36. The number of hydrogen-bond donors (Lipinski definition) is 2. The second-order valence-electron chi connectivity index (χ2n) is 5.93. The van der Waals surface area contributed by atoms with Crippen molar-refractivity contribution in [2.45, 2.75) is 24.8 Å². The van der Waals surface area contributed by atoms with Crippen molar-refractivity contribution in [3.8, 4) is 0 Å². The van der Waals surface area contributed by atoms with Crippen molar-refractivity contribution < 1.29 is 33.8 Å². The van der Waals surface area contributed by atoms with E-state index in [-0.39, 0.29) is 24.8 Å². The fraction of sp³-hybridized carbons (Fsp3) is 0.643. The number of ketones is 1. The van der Waals surface area contributed by atoms with Crippen LogP contribution < -0.4 is 5.32 Å². The van der Waals surface area contributed by atoms with E-state index < -0.39 is 52.8 Å². The summed E-state index contributed by atoms with van der Waals surface area (Å²) in [6, 6.07) is -0.804. The number of carboxylic acid groups (broad SMARTS) is 1. The normalized spacial score (nSPS) is 27.8. The quantitative estimate of drug-likeness (QED) is 0.250. The number of β-lactam (4-membered cyclic amide) rings is 1. The van der Waals surface area contributed by atoms with Crippen molar-refractivity contribution in [3.05, 3.63) is 0 Å². The van der Waals surface area contributed by atoms with Gasteiger partial charge in [0, 0.05) is 19.2 Å². The van der Waals surface area contributed by atoms with Crippen molar-refractivity contribution in [1.29, 1.82) is 0 Å². The second-order valence-corrected chi connectivity index (χ2v) is 7.30. The number of alkyl halides is 1. The molecule has 11 heteroatoms. The van der Waals surface area contributed by atoms with Crippen molar-refractivity contribution in [2.75, 3.05) is 24.8 Å². The number of fused-ring (bicyclic) bond motifs is 1. The van der Waals surface area contributed by atoms with E-state index in [2.05, 4.69) is 5.32 Å². The summed E-state index contributed by atoms with van der Waals surface area (Å²) in [5.74, 6) is -3.41. The minimum Gasteiger partial charge on any atom is -0.481 e. The third-order valence-corrected chi connectivity index (χ3v) is 5.86. The average Bonchev–Trinajstić information content (AvgIpc) is 2.57. The van der Waals surface area contributed by atoms with Crippen LogP contribution in [-0.4, -0.2) is 75.7 Å². The Kier molecular flexibility index (Phi) is 5.94. The first kappa shape index (κ1) is 19.5. The molecule has 0 aromatic rings. The van der Waals surface area contributed by atoms with Gasteiger partial charge in [0.25, 0.3) is 0 Å². The average molecular weight is 393 g/mol. The van der Waals surface area contributed by atoms with Crippen LogP contribution in [-0.2, 0) is 28.7 Å². The molecule has 2 unspecified atom stereocenters. The summed E-state index contributed by atoms with van der Waals surface area (Å²) in [5, 5.41) is 11.6. The maximum Gasteiger partial charge on any atom is 0.315 e. The number of thioether (sulfide) groups is 1. The van der Waals surface area contributed by atoms with Gasteiger partial charge in [0.1, 0.15) is 23.4 Å². The van der Waals surface area contributed by atoms with Crippen LogP contribution >= 0.6 is 23.4 Å². The minimum absolute atomic E-state index is 0.112. The smallest absolute Gasteiger partial charge is 0.315 e. The van der Waals surface area contributed by atoms with E-state index in [1.54, 1.807) is 0 Å². The summed E-state index contributed by atoms with van der Waals surface area (Å²) < 4.78 is 4.85. The number of aliphatic carboxylic acids is 1. The van der Waals surface area contributed by atoms with E-state index in [1.165, 1.54) is 23.6 Å². The molecule has 2 heterocycles. The summed E-state index contributed by atoms with van der Waals surface area (Å²) >= 11 is 6.52. The number of esters is 1. The predicted molar refractivity (Wildman–Crippen MR) is 86.9 cm³/mol. The first-order chi connectivity index (χ1) is 11.7. The van der Waals surface area contributed by atoms with E-state index in [0.717, 1.165) is 0 Å². The first-order valence-corrected chi connectivity index (χ1v) is 8.94. The highest BCUT2D eigenvalue weighted by Gasteiger charge is 2.57. The molecule has 0 aromatic heterocycles. The van der Waals surface area contributed by atoms with Crippen LogP contribution in [0.15, 0.2) is 0 Å². The molecule has 2 rings (SSSR count). The number of ether oxygens (including phenoxy) is 1. The molecule has 0 spiro atoms. The Morgan fingerprint density at radius 3 is 2.68 bits per heavy atom. The maximum atomic E-state index is 12.2. The van der Waals surface area contributed by atoms with E-state index in [1.807, 2.05) is 0 Å². The monoisotopic (exact) mass is 392 g/mol. The van der Waals surface area contributed by atoms with Gasteiger partial charge < -0.3 is 20.1 Å². The Bertz CT molecular complexity index is 628. The van der Waals surface area contributed by atoms with E-state index in [0.29, 0.717) is 0 Å². The van der Waals surface area contributed by atoms with Crippen LogP contribution in [0.2, 0.25) is 0 Å². The molecule has 2 saturated heterocycles. The third kappa shape index (κ3) is 4.06. The number of carboxylic acids is 1. The van der Waals surface area contributed by atoms with E-state index >= 15 is 0 Å². The molecule has 0 aliphatic carbocycles. The van der Waals surface area contributed by atoms with Crippen molar-refractivity contribution >= 4 is 52.9 Å². The highest BCUT2D eigenvalue weighted by atomic mass is 35.5. The molecule has 2 amide bonds. The summed E-state index contributed by atoms with van der Waals surface area (Å²) in [6.45, 7) is 0.734.